The van der Waals surface area contributed by atoms with E-state index in [1.54, 1.807) is 11.9 Å². The lowest BCUT2D eigenvalue weighted by Crippen LogP contribution is -2.36. The molecule has 104 valence electrons. The average Bonchev–Trinajstić information content (AvgIpc) is 2.48. The number of nitrogens with one attached hydrogen (secondary N) is 1. The van der Waals surface area contributed by atoms with E-state index in [2.05, 4.69) is 21.2 Å². The third kappa shape index (κ3) is 4.10. The van der Waals surface area contributed by atoms with Gasteiger partial charge in [0.1, 0.15) is 0 Å². The molecule has 0 aromatic heterocycles. The van der Waals surface area contributed by atoms with Crippen LogP contribution in [0.1, 0.15) is 11.1 Å². The highest BCUT2D eigenvalue weighted by Gasteiger charge is 2.10. The molecule has 0 aliphatic rings. The van der Waals surface area contributed by atoms with Gasteiger partial charge in [0, 0.05) is 24.6 Å². The van der Waals surface area contributed by atoms with Crippen molar-refractivity contribution in [2.45, 2.75) is 13.1 Å². The first-order valence-corrected chi connectivity index (χ1v) is 7.22. The molecule has 0 fully saturated rings. The molecule has 0 bridgehead atoms. The number of amides is 2. The minimum absolute atomic E-state index is 0.0791. The van der Waals surface area contributed by atoms with Gasteiger partial charge >= 0.3 is 6.03 Å². The van der Waals surface area contributed by atoms with Crippen molar-refractivity contribution < 1.29 is 4.79 Å². The number of benzene rings is 2. The van der Waals surface area contributed by atoms with Crippen LogP contribution in [0.25, 0.3) is 0 Å². The van der Waals surface area contributed by atoms with Gasteiger partial charge in [-0.3, -0.25) is 0 Å². The number of urea groups is 1. The van der Waals surface area contributed by atoms with Crippen LogP contribution in [0.4, 0.5) is 4.79 Å². The highest BCUT2D eigenvalue weighted by molar-refractivity contribution is 9.10. The lowest BCUT2D eigenvalue weighted by atomic mass is 10.2. The van der Waals surface area contributed by atoms with E-state index < -0.39 is 0 Å². The fourth-order valence-electron chi connectivity index (χ4n) is 1.86. The van der Waals surface area contributed by atoms with E-state index in [1.165, 1.54) is 0 Å². The van der Waals surface area contributed by atoms with Crippen LogP contribution in [0.3, 0.4) is 0 Å². The summed E-state index contributed by atoms with van der Waals surface area (Å²) in [5.41, 5.74) is 2.18. The molecule has 2 amide bonds. The summed E-state index contributed by atoms with van der Waals surface area (Å²) in [6.45, 7) is 1.11. The summed E-state index contributed by atoms with van der Waals surface area (Å²) in [6, 6.07) is 17.7. The zero-order valence-corrected chi connectivity index (χ0v) is 12.9. The molecule has 0 saturated heterocycles. The van der Waals surface area contributed by atoms with Crippen molar-refractivity contribution in [2.75, 3.05) is 7.05 Å². The van der Waals surface area contributed by atoms with Gasteiger partial charge in [-0.1, -0.05) is 64.5 Å². The highest BCUT2D eigenvalue weighted by atomic mass is 79.9. The van der Waals surface area contributed by atoms with Gasteiger partial charge < -0.3 is 10.2 Å². The van der Waals surface area contributed by atoms with Crippen LogP contribution in [0.2, 0.25) is 0 Å². The van der Waals surface area contributed by atoms with Crippen molar-refractivity contribution in [3.63, 3.8) is 0 Å². The normalized spacial score (nSPS) is 10.1. The van der Waals surface area contributed by atoms with E-state index in [0.717, 1.165) is 15.6 Å². The van der Waals surface area contributed by atoms with Crippen molar-refractivity contribution in [2.24, 2.45) is 0 Å². The number of halogens is 1. The van der Waals surface area contributed by atoms with E-state index in [-0.39, 0.29) is 6.03 Å². The molecule has 0 spiro atoms. The Morgan fingerprint density at radius 1 is 1.10 bits per heavy atom. The van der Waals surface area contributed by atoms with Gasteiger partial charge in [-0.15, -0.1) is 0 Å². The third-order valence-corrected chi connectivity index (χ3v) is 3.77. The lowest BCUT2D eigenvalue weighted by Gasteiger charge is -2.18. The zero-order valence-electron chi connectivity index (χ0n) is 11.3. The van der Waals surface area contributed by atoms with E-state index in [1.807, 2.05) is 54.6 Å². The Kier molecular flexibility index (Phi) is 5.18. The summed E-state index contributed by atoms with van der Waals surface area (Å²) in [5, 5.41) is 2.91. The predicted octanol–water partition coefficient (Wildman–Crippen LogP) is 3.79. The summed E-state index contributed by atoms with van der Waals surface area (Å²) >= 11 is 3.49. The molecule has 0 aliphatic heterocycles. The zero-order chi connectivity index (χ0) is 14.4. The Hall–Kier alpha value is -1.81. The van der Waals surface area contributed by atoms with Crippen LogP contribution in [0.15, 0.2) is 59.1 Å². The van der Waals surface area contributed by atoms with Crippen molar-refractivity contribution in [3.05, 3.63) is 70.2 Å². The standard InChI is InChI=1S/C16H17BrN2O/c1-19(12-14-9-5-6-10-15(14)17)16(20)18-11-13-7-3-2-4-8-13/h2-10H,11-12H2,1H3,(H,18,20). The van der Waals surface area contributed by atoms with Crippen molar-refractivity contribution in [3.8, 4) is 0 Å². The van der Waals surface area contributed by atoms with Crippen LogP contribution >= 0.6 is 15.9 Å². The number of carbonyl (C=O) groups is 1. The second-order valence-electron chi connectivity index (χ2n) is 4.59. The molecular weight excluding hydrogens is 316 g/mol. The summed E-state index contributed by atoms with van der Waals surface area (Å²) in [6.07, 6.45) is 0. The van der Waals surface area contributed by atoms with E-state index in [9.17, 15) is 4.79 Å². The van der Waals surface area contributed by atoms with Gasteiger partial charge in [-0.2, -0.15) is 0 Å². The molecule has 4 heteroatoms. The van der Waals surface area contributed by atoms with Gasteiger partial charge in [0.05, 0.1) is 0 Å². The van der Waals surface area contributed by atoms with E-state index >= 15 is 0 Å². The van der Waals surface area contributed by atoms with Crippen molar-refractivity contribution in [1.29, 1.82) is 0 Å². The number of rotatable bonds is 4. The molecule has 0 atom stereocenters. The van der Waals surface area contributed by atoms with E-state index in [0.29, 0.717) is 13.1 Å². The number of carbonyl (C=O) groups excluding carboxylic acids is 1. The van der Waals surface area contributed by atoms with Gasteiger partial charge in [0.15, 0.2) is 0 Å². The molecule has 0 heterocycles. The summed E-state index contributed by atoms with van der Waals surface area (Å²) in [7, 11) is 1.79. The van der Waals surface area contributed by atoms with Crippen molar-refractivity contribution >= 4 is 22.0 Å². The van der Waals surface area contributed by atoms with Crippen LogP contribution in [-0.4, -0.2) is 18.0 Å². The number of hydrogen-bond acceptors (Lipinski definition) is 1. The second-order valence-corrected chi connectivity index (χ2v) is 5.45. The fraction of sp³-hybridized carbons (Fsp3) is 0.188. The Bertz CT molecular complexity index is 572. The van der Waals surface area contributed by atoms with Crippen LogP contribution < -0.4 is 5.32 Å². The quantitative estimate of drug-likeness (QED) is 0.907. The molecule has 3 nitrogen and oxygen atoms in total. The first-order valence-electron chi connectivity index (χ1n) is 6.43. The molecule has 2 aromatic carbocycles. The summed E-state index contributed by atoms with van der Waals surface area (Å²) in [4.78, 5) is 13.7. The average molecular weight is 333 g/mol. The Balaban J connectivity index is 1.88. The summed E-state index contributed by atoms with van der Waals surface area (Å²) < 4.78 is 1.02. The molecule has 1 N–H and O–H groups in total. The molecule has 0 unspecified atom stereocenters. The first-order chi connectivity index (χ1) is 9.66. The topological polar surface area (TPSA) is 32.3 Å². The molecule has 0 saturated carbocycles. The van der Waals surface area contributed by atoms with Crippen LogP contribution in [0.5, 0.6) is 0 Å². The minimum atomic E-state index is -0.0791. The highest BCUT2D eigenvalue weighted by Crippen LogP contribution is 2.17. The maximum atomic E-state index is 12.0. The van der Waals surface area contributed by atoms with Crippen molar-refractivity contribution in [1.82, 2.24) is 10.2 Å². The smallest absolute Gasteiger partial charge is 0.317 e. The summed E-state index contributed by atoms with van der Waals surface area (Å²) in [5.74, 6) is 0. The Labute approximate surface area is 127 Å². The minimum Gasteiger partial charge on any atom is -0.334 e. The SMILES string of the molecule is CN(Cc1ccccc1Br)C(=O)NCc1ccccc1. The molecule has 0 aliphatic carbocycles. The lowest BCUT2D eigenvalue weighted by molar-refractivity contribution is 0.206. The largest absolute Gasteiger partial charge is 0.334 e. The maximum absolute atomic E-state index is 12.0. The first kappa shape index (κ1) is 14.6. The Morgan fingerprint density at radius 3 is 2.45 bits per heavy atom. The van der Waals surface area contributed by atoms with Gasteiger partial charge in [0.25, 0.3) is 0 Å². The molecular formula is C16H17BrN2O. The van der Waals surface area contributed by atoms with Gasteiger partial charge in [-0.05, 0) is 17.2 Å². The van der Waals surface area contributed by atoms with Gasteiger partial charge in [-0.25, -0.2) is 4.79 Å². The fourth-order valence-corrected chi connectivity index (χ4v) is 2.27. The third-order valence-electron chi connectivity index (χ3n) is 3.00. The van der Waals surface area contributed by atoms with Crippen LogP contribution in [0, 0.1) is 0 Å². The molecule has 2 aromatic rings. The predicted molar refractivity (Wildman–Crippen MR) is 84.3 cm³/mol. The molecule has 2 rings (SSSR count). The second kappa shape index (κ2) is 7.10. The Morgan fingerprint density at radius 2 is 1.75 bits per heavy atom. The molecule has 20 heavy (non-hydrogen) atoms. The number of hydrogen-bond donors (Lipinski definition) is 1. The van der Waals surface area contributed by atoms with E-state index in [4.69, 9.17) is 0 Å². The maximum Gasteiger partial charge on any atom is 0.317 e. The number of nitrogens with zero attached hydrogens (tertiary/aromatic N) is 1. The van der Waals surface area contributed by atoms with Gasteiger partial charge in [0.2, 0.25) is 0 Å². The molecule has 0 radical (unpaired) electrons. The van der Waals surface area contributed by atoms with Crippen LogP contribution in [-0.2, 0) is 13.1 Å². The monoisotopic (exact) mass is 332 g/mol.